The molecular formula is C30H18F3N3O6. The largest absolute Gasteiger partial charge is 0.573 e. The first kappa shape index (κ1) is 26.7. The second-order valence-corrected chi connectivity index (χ2v) is 9.30. The summed E-state index contributed by atoms with van der Waals surface area (Å²) >= 11 is 0. The summed E-state index contributed by atoms with van der Waals surface area (Å²) in [6.45, 7) is 0. The number of aliphatic hydroxyl groups is 1. The number of amides is 3. The maximum absolute atomic E-state index is 12.9. The summed E-state index contributed by atoms with van der Waals surface area (Å²) in [5, 5.41) is 17.6. The predicted molar refractivity (Wildman–Crippen MR) is 144 cm³/mol. The number of alkyl halides is 3. The summed E-state index contributed by atoms with van der Waals surface area (Å²) in [6.07, 6.45) is -6.39. The number of carbonyl (C=O) groups excluding carboxylic acids is 3. The zero-order valence-electron chi connectivity index (χ0n) is 21.3. The molecule has 12 heteroatoms. The van der Waals surface area contributed by atoms with Crippen molar-refractivity contribution in [2.24, 2.45) is 0 Å². The minimum atomic E-state index is -4.81. The highest BCUT2D eigenvalue weighted by Crippen LogP contribution is 2.34. The Hall–Kier alpha value is -5.49. The van der Waals surface area contributed by atoms with Gasteiger partial charge in [0.1, 0.15) is 5.75 Å². The van der Waals surface area contributed by atoms with Gasteiger partial charge in [0.05, 0.1) is 16.5 Å². The lowest BCUT2D eigenvalue weighted by atomic mass is 10.00. The van der Waals surface area contributed by atoms with E-state index in [9.17, 15) is 32.7 Å². The molecule has 4 aromatic carbocycles. The van der Waals surface area contributed by atoms with Crippen LogP contribution in [0.2, 0.25) is 0 Å². The van der Waals surface area contributed by atoms with Gasteiger partial charge in [0.25, 0.3) is 17.7 Å². The van der Waals surface area contributed by atoms with E-state index < -0.39 is 30.2 Å². The molecule has 42 heavy (non-hydrogen) atoms. The van der Waals surface area contributed by atoms with Crippen molar-refractivity contribution in [2.75, 3.05) is 10.2 Å². The maximum atomic E-state index is 12.9. The van der Waals surface area contributed by atoms with Crippen LogP contribution < -0.4 is 15.0 Å². The van der Waals surface area contributed by atoms with Gasteiger partial charge < -0.3 is 19.7 Å². The normalized spacial score (nSPS) is 13.8. The van der Waals surface area contributed by atoms with Crippen molar-refractivity contribution in [1.29, 1.82) is 0 Å². The summed E-state index contributed by atoms with van der Waals surface area (Å²) in [4.78, 5) is 39.5. The van der Waals surface area contributed by atoms with Gasteiger partial charge in [-0.2, -0.15) is 0 Å². The van der Waals surface area contributed by atoms with E-state index in [4.69, 9.17) is 4.52 Å². The molecule has 1 aliphatic rings. The first-order valence-corrected chi connectivity index (χ1v) is 12.4. The number of aliphatic hydroxyl groups excluding tert-OH is 1. The molecule has 210 valence electrons. The van der Waals surface area contributed by atoms with Gasteiger partial charge in [-0.05, 0) is 59.2 Å². The number of benzene rings is 4. The Bertz CT molecular complexity index is 1830. The smallest absolute Gasteiger partial charge is 0.406 e. The first-order chi connectivity index (χ1) is 20.1. The lowest BCUT2D eigenvalue weighted by molar-refractivity contribution is -0.274. The fourth-order valence-corrected chi connectivity index (χ4v) is 4.64. The van der Waals surface area contributed by atoms with Gasteiger partial charge in [-0.3, -0.25) is 14.4 Å². The van der Waals surface area contributed by atoms with Crippen molar-refractivity contribution in [3.63, 3.8) is 0 Å². The fraction of sp³-hybridized carbons (Fsp3) is 0.0667. The van der Waals surface area contributed by atoms with Crippen molar-refractivity contribution >= 4 is 40.2 Å². The summed E-state index contributed by atoms with van der Waals surface area (Å²) < 4.78 is 46.5. The van der Waals surface area contributed by atoms with Crippen LogP contribution in [-0.4, -0.2) is 34.3 Å². The maximum Gasteiger partial charge on any atom is 0.573 e. The van der Waals surface area contributed by atoms with Gasteiger partial charge in [0, 0.05) is 11.8 Å². The molecule has 1 aliphatic heterocycles. The Morgan fingerprint density at radius 1 is 0.881 bits per heavy atom. The van der Waals surface area contributed by atoms with Crippen molar-refractivity contribution < 1.29 is 41.9 Å². The van der Waals surface area contributed by atoms with Gasteiger partial charge in [0.2, 0.25) is 0 Å². The molecule has 0 saturated carbocycles. The number of halogens is 3. The van der Waals surface area contributed by atoms with E-state index in [1.54, 1.807) is 36.4 Å². The van der Waals surface area contributed by atoms with Crippen molar-refractivity contribution in [3.05, 3.63) is 108 Å². The highest BCUT2D eigenvalue weighted by atomic mass is 19.4. The molecule has 2 N–H and O–H groups in total. The molecule has 1 aromatic heterocycles. The Balaban J connectivity index is 1.18. The summed E-state index contributed by atoms with van der Waals surface area (Å²) in [7, 11) is 0. The van der Waals surface area contributed by atoms with Gasteiger partial charge in [-0.15, -0.1) is 13.2 Å². The number of imide groups is 1. The van der Waals surface area contributed by atoms with Crippen LogP contribution in [0.25, 0.3) is 22.1 Å². The number of fused-ring (bicyclic) bond motifs is 2. The van der Waals surface area contributed by atoms with Crippen LogP contribution in [-0.2, 0) is 4.79 Å². The van der Waals surface area contributed by atoms with Crippen LogP contribution in [0.4, 0.5) is 24.7 Å². The number of hydrogen-bond acceptors (Lipinski definition) is 7. The average molecular weight is 573 g/mol. The number of rotatable bonds is 6. The molecule has 5 aromatic rings. The van der Waals surface area contributed by atoms with Crippen molar-refractivity contribution in [1.82, 2.24) is 5.16 Å². The van der Waals surface area contributed by atoms with E-state index in [0.29, 0.717) is 16.5 Å². The van der Waals surface area contributed by atoms with E-state index in [1.165, 1.54) is 42.5 Å². The van der Waals surface area contributed by atoms with Gasteiger partial charge in [0.15, 0.2) is 17.5 Å². The van der Waals surface area contributed by atoms with Crippen molar-refractivity contribution in [3.8, 4) is 16.9 Å². The van der Waals surface area contributed by atoms with Crippen LogP contribution >= 0.6 is 0 Å². The van der Waals surface area contributed by atoms with Crippen LogP contribution in [0.3, 0.4) is 0 Å². The number of aromatic nitrogens is 1. The molecule has 0 aliphatic carbocycles. The van der Waals surface area contributed by atoms with E-state index in [0.717, 1.165) is 17.0 Å². The number of ether oxygens (including phenoxy) is 1. The quantitative estimate of drug-likeness (QED) is 0.244. The summed E-state index contributed by atoms with van der Waals surface area (Å²) in [5.41, 5.74) is 2.31. The minimum absolute atomic E-state index is 0.0175. The molecule has 2 heterocycles. The summed E-state index contributed by atoms with van der Waals surface area (Å²) in [5.74, 6) is -2.18. The Kier molecular flexibility index (Phi) is 6.46. The molecule has 0 radical (unpaired) electrons. The second kappa shape index (κ2) is 10.2. The molecular weight excluding hydrogens is 555 g/mol. The SMILES string of the molecule is O=C(Nc1ccc2c(N3C(=O)c4ccccc4C3=O)noc2c1)C(O)c1cccc(-c2ccc(OC(F)(F)F)cc2)c1. The monoisotopic (exact) mass is 573 g/mol. The Morgan fingerprint density at radius 3 is 2.24 bits per heavy atom. The Morgan fingerprint density at radius 2 is 1.57 bits per heavy atom. The topological polar surface area (TPSA) is 122 Å². The van der Waals surface area contributed by atoms with Crippen LogP contribution in [0.5, 0.6) is 5.75 Å². The molecule has 9 nitrogen and oxygen atoms in total. The molecule has 0 bridgehead atoms. The third-order valence-corrected chi connectivity index (χ3v) is 6.60. The standard InChI is InChI=1S/C30H18F3N3O6/c31-30(32,33)41-20-11-8-16(9-12-20)17-4-3-5-18(14-17)25(37)27(38)34-19-10-13-23-24(15-19)42-35-26(23)36-28(39)21-6-1-2-7-22(21)29(36)40/h1-15,25,37H,(H,34,38). The molecule has 0 spiro atoms. The lowest BCUT2D eigenvalue weighted by Crippen LogP contribution is -2.29. The third kappa shape index (κ3) is 4.95. The number of hydrogen-bond donors (Lipinski definition) is 2. The molecule has 6 rings (SSSR count). The van der Waals surface area contributed by atoms with E-state index in [2.05, 4.69) is 15.2 Å². The van der Waals surface area contributed by atoms with Gasteiger partial charge >= 0.3 is 6.36 Å². The molecule has 3 amide bonds. The molecule has 0 fully saturated rings. The zero-order valence-corrected chi connectivity index (χ0v) is 21.3. The molecule has 0 saturated heterocycles. The van der Waals surface area contributed by atoms with Gasteiger partial charge in [-0.25, -0.2) is 4.90 Å². The zero-order chi connectivity index (χ0) is 29.6. The minimum Gasteiger partial charge on any atom is -0.406 e. The first-order valence-electron chi connectivity index (χ1n) is 12.4. The average Bonchev–Trinajstić information content (AvgIpc) is 3.49. The lowest BCUT2D eigenvalue weighted by Gasteiger charge is -2.14. The number of nitrogens with zero attached hydrogens (tertiary/aromatic N) is 2. The highest BCUT2D eigenvalue weighted by Gasteiger charge is 2.39. The summed E-state index contributed by atoms with van der Waals surface area (Å²) in [6, 6.07) is 22.4. The molecule has 1 unspecified atom stereocenters. The van der Waals surface area contributed by atoms with Crippen LogP contribution in [0.15, 0.2) is 95.5 Å². The molecule has 1 atom stereocenters. The van der Waals surface area contributed by atoms with Crippen LogP contribution in [0, 0.1) is 0 Å². The fourth-order valence-electron chi connectivity index (χ4n) is 4.64. The van der Waals surface area contributed by atoms with Crippen molar-refractivity contribution in [2.45, 2.75) is 12.5 Å². The number of anilines is 2. The Labute approximate surface area is 234 Å². The highest BCUT2D eigenvalue weighted by molar-refractivity contribution is 6.35. The number of carbonyl (C=O) groups is 3. The second-order valence-electron chi connectivity index (χ2n) is 9.30. The predicted octanol–water partition coefficient (Wildman–Crippen LogP) is 5.87. The third-order valence-electron chi connectivity index (χ3n) is 6.60. The van der Waals surface area contributed by atoms with E-state index >= 15 is 0 Å². The van der Waals surface area contributed by atoms with E-state index in [1.807, 2.05) is 0 Å². The van der Waals surface area contributed by atoms with Gasteiger partial charge in [-0.1, -0.05) is 47.6 Å². The number of nitrogens with one attached hydrogen (secondary N) is 1. The van der Waals surface area contributed by atoms with E-state index in [-0.39, 0.29) is 39.5 Å². The van der Waals surface area contributed by atoms with Crippen LogP contribution in [0.1, 0.15) is 32.4 Å².